The maximum Gasteiger partial charge on any atom is 0.271 e. The monoisotopic (exact) mass is 279 g/mol. The van der Waals surface area contributed by atoms with E-state index in [1.54, 1.807) is 10.1 Å². The van der Waals surface area contributed by atoms with Gasteiger partial charge in [0.05, 0.1) is 5.69 Å². The van der Waals surface area contributed by atoms with Gasteiger partial charge >= 0.3 is 0 Å². The third-order valence-electron chi connectivity index (χ3n) is 2.73. The summed E-state index contributed by atoms with van der Waals surface area (Å²) in [5.74, 6) is -0.179. The van der Waals surface area contributed by atoms with E-state index in [9.17, 15) is 4.79 Å². The molecule has 0 radical (unpaired) electrons. The third-order valence-corrected chi connectivity index (χ3v) is 3.60. The SMILES string of the molecule is CCc1nn(C)cc1CNC(=O)c1csc(CN)n1. The van der Waals surface area contributed by atoms with E-state index in [0.29, 0.717) is 18.8 Å². The number of nitrogens with two attached hydrogens (primary N) is 1. The van der Waals surface area contributed by atoms with Crippen molar-refractivity contribution in [1.29, 1.82) is 0 Å². The largest absolute Gasteiger partial charge is 0.346 e. The molecule has 7 heteroatoms. The van der Waals surface area contributed by atoms with Crippen molar-refractivity contribution in [3.63, 3.8) is 0 Å². The number of amides is 1. The quantitative estimate of drug-likeness (QED) is 0.848. The number of aryl methyl sites for hydroxylation is 2. The average molecular weight is 279 g/mol. The lowest BCUT2D eigenvalue weighted by molar-refractivity contribution is 0.0946. The van der Waals surface area contributed by atoms with Crippen LogP contribution in [0.1, 0.15) is 33.7 Å². The van der Waals surface area contributed by atoms with Gasteiger partial charge in [-0.2, -0.15) is 5.10 Å². The summed E-state index contributed by atoms with van der Waals surface area (Å²) < 4.78 is 1.76. The van der Waals surface area contributed by atoms with Crippen molar-refractivity contribution in [3.8, 4) is 0 Å². The molecule has 6 nitrogen and oxygen atoms in total. The molecular formula is C12H17N5OS. The fourth-order valence-corrected chi connectivity index (χ4v) is 2.46. The molecule has 0 aliphatic heterocycles. The highest BCUT2D eigenvalue weighted by atomic mass is 32.1. The fourth-order valence-electron chi connectivity index (χ4n) is 1.80. The molecule has 2 heterocycles. The second-order valence-corrected chi connectivity index (χ2v) is 5.08. The lowest BCUT2D eigenvalue weighted by atomic mass is 10.2. The molecule has 2 aromatic rings. The number of thiazole rings is 1. The van der Waals surface area contributed by atoms with E-state index in [4.69, 9.17) is 5.73 Å². The fraction of sp³-hybridized carbons (Fsp3) is 0.417. The van der Waals surface area contributed by atoms with Gasteiger partial charge in [-0.1, -0.05) is 6.92 Å². The van der Waals surface area contributed by atoms with Gasteiger partial charge in [0.2, 0.25) is 0 Å². The molecule has 0 atom stereocenters. The van der Waals surface area contributed by atoms with Crippen molar-refractivity contribution >= 4 is 17.2 Å². The smallest absolute Gasteiger partial charge is 0.271 e. The molecule has 0 aromatic carbocycles. The summed E-state index contributed by atoms with van der Waals surface area (Å²) in [4.78, 5) is 16.1. The third kappa shape index (κ3) is 3.18. The first-order chi connectivity index (χ1) is 9.13. The number of aromatic nitrogens is 3. The normalized spacial score (nSPS) is 10.7. The van der Waals surface area contributed by atoms with Gasteiger partial charge in [-0.25, -0.2) is 4.98 Å². The zero-order valence-corrected chi connectivity index (χ0v) is 11.8. The van der Waals surface area contributed by atoms with Gasteiger partial charge in [0.15, 0.2) is 0 Å². The van der Waals surface area contributed by atoms with Crippen LogP contribution in [-0.4, -0.2) is 20.7 Å². The molecule has 102 valence electrons. The molecule has 0 aliphatic carbocycles. The molecule has 0 saturated carbocycles. The van der Waals surface area contributed by atoms with Crippen LogP contribution in [0.3, 0.4) is 0 Å². The van der Waals surface area contributed by atoms with Crippen molar-refractivity contribution in [2.75, 3.05) is 0 Å². The summed E-state index contributed by atoms with van der Waals surface area (Å²) in [7, 11) is 1.87. The van der Waals surface area contributed by atoms with Crippen LogP contribution in [-0.2, 0) is 26.6 Å². The molecule has 0 spiro atoms. The highest BCUT2D eigenvalue weighted by Gasteiger charge is 2.12. The van der Waals surface area contributed by atoms with Crippen LogP contribution >= 0.6 is 11.3 Å². The van der Waals surface area contributed by atoms with Crippen molar-refractivity contribution in [2.45, 2.75) is 26.4 Å². The Balaban J connectivity index is 1.99. The highest BCUT2D eigenvalue weighted by molar-refractivity contribution is 7.09. The number of carbonyl (C=O) groups excluding carboxylic acids is 1. The number of hydrogen-bond donors (Lipinski definition) is 2. The molecule has 0 fully saturated rings. The van der Waals surface area contributed by atoms with Gasteiger partial charge < -0.3 is 11.1 Å². The van der Waals surface area contributed by atoms with Gasteiger partial charge in [0.25, 0.3) is 5.91 Å². The molecule has 2 aromatic heterocycles. The Bertz CT molecular complexity index is 574. The summed E-state index contributed by atoms with van der Waals surface area (Å²) in [5.41, 5.74) is 7.94. The van der Waals surface area contributed by atoms with Crippen LogP contribution in [0, 0.1) is 0 Å². The topological polar surface area (TPSA) is 85.8 Å². The van der Waals surface area contributed by atoms with Crippen LogP contribution in [0.15, 0.2) is 11.6 Å². The molecule has 2 rings (SSSR count). The Hall–Kier alpha value is -1.73. The average Bonchev–Trinajstić information content (AvgIpc) is 3.01. The molecule has 19 heavy (non-hydrogen) atoms. The highest BCUT2D eigenvalue weighted by Crippen LogP contribution is 2.10. The Morgan fingerprint density at radius 2 is 2.37 bits per heavy atom. The lowest BCUT2D eigenvalue weighted by Crippen LogP contribution is -2.23. The second-order valence-electron chi connectivity index (χ2n) is 4.14. The van der Waals surface area contributed by atoms with Crippen LogP contribution in [0.4, 0.5) is 0 Å². The summed E-state index contributed by atoms with van der Waals surface area (Å²) in [6, 6.07) is 0. The first-order valence-corrected chi connectivity index (χ1v) is 6.96. The van der Waals surface area contributed by atoms with E-state index < -0.39 is 0 Å². The number of carbonyl (C=O) groups is 1. The summed E-state index contributed by atoms with van der Waals surface area (Å²) in [6.07, 6.45) is 2.77. The Labute approximate surface area is 115 Å². The molecule has 0 saturated heterocycles. The van der Waals surface area contributed by atoms with Gasteiger partial charge in [-0.05, 0) is 6.42 Å². The van der Waals surface area contributed by atoms with Gasteiger partial charge in [0.1, 0.15) is 10.7 Å². The van der Waals surface area contributed by atoms with Crippen molar-refractivity contribution in [2.24, 2.45) is 12.8 Å². The van der Waals surface area contributed by atoms with Crippen molar-refractivity contribution in [3.05, 3.63) is 33.5 Å². The predicted molar refractivity (Wildman–Crippen MR) is 73.8 cm³/mol. The van der Waals surface area contributed by atoms with Crippen LogP contribution in [0.5, 0.6) is 0 Å². The summed E-state index contributed by atoms with van der Waals surface area (Å²) in [5, 5.41) is 9.67. The van der Waals surface area contributed by atoms with E-state index in [-0.39, 0.29) is 5.91 Å². The van der Waals surface area contributed by atoms with E-state index in [1.165, 1.54) is 11.3 Å². The zero-order valence-electron chi connectivity index (χ0n) is 11.0. The van der Waals surface area contributed by atoms with Gasteiger partial charge in [0, 0.05) is 37.3 Å². The molecule has 1 amide bonds. The Morgan fingerprint density at radius 3 is 3.00 bits per heavy atom. The van der Waals surface area contributed by atoms with Crippen LogP contribution < -0.4 is 11.1 Å². The molecule has 0 unspecified atom stereocenters. The second kappa shape index (κ2) is 5.94. The van der Waals surface area contributed by atoms with Gasteiger partial charge in [-0.3, -0.25) is 9.48 Å². The number of hydrogen-bond acceptors (Lipinski definition) is 5. The Morgan fingerprint density at radius 1 is 1.58 bits per heavy atom. The maximum atomic E-state index is 11.9. The number of nitrogens with one attached hydrogen (secondary N) is 1. The van der Waals surface area contributed by atoms with E-state index >= 15 is 0 Å². The summed E-state index contributed by atoms with van der Waals surface area (Å²) in [6.45, 7) is 2.87. The minimum absolute atomic E-state index is 0.179. The van der Waals surface area contributed by atoms with Crippen LogP contribution in [0.25, 0.3) is 0 Å². The van der Waals surface area contributed by atoms with E-state index in [0.717, 1.165) is 22.7 Å². The molecular weight excluding hydrogens is 262 g/mol. The first kappa shape index (κ1) is 13.7. The minimum Gasteiger partial charge on any atom is -0.346 e. The number of rotatable bonds is 5. The van der Waals surface area contributed by atoms with Crippen molar-refractivity contribution in [1.82, 2.24) is 20.1 Å². The predicted octanol–water partition coefficient (Wildman–Crippen LogP) is 0.828. The van der Waals surface area contributed by atoms with Gasteiger partial charge in [-0.15, -0.1) is 11.3 Å². The molecule has 0 bridgehead atoms. The zero-order chi connectivity index (χ0) is 13.8. The molecule has 0 aliphatic rings. The molecule has 3 N–H and O–H groups in total. The van der Waals surface area contributed by atoms with Crippen molar-refractivity contribution < 1.29 is 4.79 Å². The standard InChI is InChI=1S/C12H17N5OS/c1-3-9-8(6-17(2)16-9)5-14-12(18)10-7-19-11(4-13)15-10/h6-7H,3-5,13H2,1-2H3,(H,14,18). The van der Waals surface area contributed by atoms with Crippen LogP contribution in [0.2, 0.25) is 0 Å². The first-order valence-electron chi connectivity index (χ1n) is 6.08. The van der Waals surface area contributed by atoms with E-state index in [2.05, 4.69) is 15.4 Å². The maximum absolute atomic E-state index is 11.9. The Kier molecular flexibility index (Phi) is 4.28. The van der Waals surface area contributed by atoms with E-state index in [1.807, 2.05) is 20.2 Å². The number of nitrogens with zero attached hydrogens (tertiary/aromatic N) is 3. The summed E-state index contributed by atoms with van der Waals surface area (Å²) >= 11 is 1.40. The lowest BCUT2D eigenvalue weighted by Gasteiger charge is -2.02. The minimum atomic E-state index is -0.179.